The third-order valence-electron chi connectivity index (χ3n) is 0.792. The van der Waals surface area contributed by atoms with Crippen LogP contribution in [-0.4, -0.2) is 0 Å². The van der Waals surface area contributed by atoms with Gasteiger partial charge < -0.3 is 12.1 Å². The molecular formula is C7H6W2-2. The van der Waals surface area contributed by atoms with Crippen LogP contribution < -0.4 is 0 Å². The molecule has 0 unspecified atom stereocenters. The number of hydrogen-bond acceptors (Lipinski definition) is 0. The first-order valence-corrected chi connectivity index (χ1v) is 2.24. The first-order chi connectivity index (χ1) is 3.39. The van der Waals surface area contributed by atoms with Gasteiger partial charge in [0.1, 0.15) is 0 Å². The second-order valence-electron chi connectivity index (χ2n) is 1.44. The summed E-state index contributed by atoms with van der Waals surface area (Å²) in [7, 11) is 0. The minimum atomic E-state index is 0. The number of hydrogen-bond donors (Lipinski definition) is 0. The maximum atomic E-state index is 2.98. The van der Waals surface area contributed by atoms with Crippen molar-refractivity contribution in [2.24, 2.45) is 0 Å². The van der Waals surface area contributed by atoms with Gasteiger partial charge in [-0.3, -0.25) is 23.8 Å². The Morgan fingerprint density at radius 3 is 1.78 bits per heavy atom. The van der Waals surface area contributed by atoms with Gasteiger partial charge in [-0.05, 0) is 0 Å². The normalized spacial score (nSPS) is 6.78. The van der Waals surface area contributed by atoms with Gasteiger partial charge >= 0.3 is 0 Å². The minimum absolute atomic E-state index is 0. The van der Waals surface area contributed by atoms with Crippen LogP contribution in [0.2, 0.25) is 0 Å². The Bertz CT molecular complexity index is 137. The third-order valence-corrected chi connectivity index (χ3v) is 0.792. The van der Waals surface area contributed by atoms with Gasteiger partial charge in [-0.25, -0.2) is 0 Å². The molecule has 0 radical (unpaired) electrons. The van der Waals surface area contributed by atoms with Crippen molar-refractivity contribution in [2.45, 2.75) is 6.92 Å². The Balaban J connectivity index is 0. The third kappa shape index (κ3) is 5.06. The molecule has 0 atom stereocenters. The van der Waals surface area contributed by atoms with Crippen molar-refractivity contribution in [1.29, 1.82) is 0 Å². The van der Waals surface area contributed by atoms with Crippen molar-refractivity contribution in [1.82, 2.24) is 0 Å². The number of rotatable bonds is 0. The number of aryl methyl sites for hydroxylation is 1. The molecule has 1 aromatic rings. The van der Waals surface area contributed by atoms with E-state index in [0.29, 0.717) is 0 Å². The Morgan fingerprint density at radius 1 is 1.11 bits per heavy atom. The van der Waals surface area contributed by atoms with Crippen molar-refractivity contribution >= 4 is 0 Å². The van der Waals surface area contributed by atoms with E-state index < -0.39 is 0 Å². The molecule has 0 aromatic heterocycles. The summed E-state index contributed by atoms with van der Waals surface area (Å²) in [5.74, 6) is 0. The van der Waals surface area contributed by atoms with Crippen LogP contribution in [-0.2, 0) is 42.1 Å². The molecule has 0 N–H and O–H groups in total. The van der Waals surface area contributed by atoms with Crippen LogP contribution in [0.3, 0.4) is 0 Å². The summed E-state index contributed by atoms with van der Waals surface area (Å²) in [5, 5.41) is 0. The van der Waals surface area contributed by atoms with Crippen LogP contribution in [0.5, 0.6) is 0 Å². The summed E-state index contributed by atoms with van der Waals surface area (Å²) < 4.78 is 0. The summed E-state index contributed by atoms with van der Waals surface area (Å²) in [6.45, 7) is 1.97. The summed E-state index contributed by atoms with van der Waals surface area (Å²) in [6, 6.07) is 11.6. The van der Waals surface area contributed by atoms with Crippen LogP contribution in [0.1, 0.15) is 5.56 Å². The number of benzene rings is 1. The van der Waals surface area contributed by atoms with E-state index in [1.165, 1.54) is 0 Å². The molecule has 0 nitrogen and oxygen atoms in total. The first kappa shape index (κ1) is 12.3. The topological polar surface area (TPSA) is 0 Å². The Labute approximate surface area is 84.6 Å². The van der Waals surface area contributed by atoms with E-state index >= 15 is 0 Å². The van der Waals surface area contributed by atoms with E-state index in [2.05, 4.69) is 12.1 Å². The molecule has 0 heterocycles. The predicted octanol–water partition coefficient (Wildman–Crippen LogP) is 1.59. The molecular weight excluding hydrogens is 452 g/mol. The molecule has 1 aromatic carbocycles. The van der Waals surface area contributed by atoms with Gasteiger partial charge in [-0.15, -0.1) is 0 Å². The zero-order valence-corrected chi connectivity index (χ0v) is 10.9. The monoisotopic (exact) mass is 458 g/mol. The van der Waals surface area contributed by atoms with Gasteiger partial charge in [0.15, 0.2) is 0 Å². The van der Waals surface area contributed by atoms with Crippen LogP contribution >= 0.6 is 0 Å². The standard InChI is InChI=1S/C7H6.2W/c1-7-5-3-2-4-6-7;;/h2-4H,1H3;;/q-2;;. The van der Waals surface area contributed by atoms with Gasteiger partial charge in [0.05, 0.1) is 0 Å². The molecule has 0 saturated carbocycles. The van der Waals surface area contributed by atoms with Crippen molar-refractivity contribution < 1.29 is 42.1 Å². The van der Waals surface area contributed by atoms with Crippen molar-refractivity contribution in [2.75, 3.05) is 0 Å². The SMILES string of the molecule is Cc1[c-]ccc[c-]1.[W].[W]. The van der Waals surface area contributed by atoms with Crippen LogP contribution in [0.25, 0.3) is 0 Å². The molecule has 0 spiro atoms. The molecule has 0 fully saturated rings. The maximum Gasteiger partial charge on any atom is 0 e. The zero-order chi connectivity index (χ0) is 5.11. The van der Waals surface area contributed by atoms with Crippen molar-refractivity contribution in [3.63, 3.8) is 0 Å². The molecule has 48 valence electrons. The quantitative estimate of drug-likeness (QED) is 0.519. The van der Waals surface area contributed by atoms with Crippen LogP contribution in [0, 0.1) is 19.1 Å². The Kier molecular flexibility index (Phi) is 9.17. The molecule has 0 bridgehead atoms. The fraction of sp³-hybridized carbons (Fsp3) is 0.143. The van der Waals surface area contributed by atoms with E-state index in [1.54, 1.807) is 0 Å². The molecule has 0 aliphatic carbocycles. The summed E-state index contributed by atoms with van der Waals surface area (Å²) in [4.78, 5) is 0. The van der Waals surface area contributed by atoms with E-state index in [-0.39, 0.29) is 42.1 Å². The van der Waals surface area contributed by atoms with Gasteiger partial charge in [-0.2, -0.15) is 0 Å². The molecule has 2 heteroatoms. The molecule has 0 aliphatic heterocycles. The van der Waals surface area contributed by atoms with Crippen molar-refractivity contribution in [3.05, 3.63) is 35.9 Å². The zero-order valence-electron chi connectivity index (χ0n) is 5.05. The van der Waals surface area contributed by atoms with Crippen LogP contribution in [0.15, 0.2) is 18.2 Å². The van der Waals surface area contributed by atoms with Gasteiger partial charge in [0, 0.05) is 42.1 Å². The Hall–Kier alpha value is 0.597. The summed E-state index contributed by atoms with van der Waals surface area (Å²) in [5.41, 5.74) is 1.07. The second-order valence-corrected chi connectivity index (χ2v) is 1.44. The summed E-state index contributed by atoms with van der Waals surface area (Å²) >= 11 is 0. The van der Waals surface area contributed by atoms with E-state index in [1.807, 2.05) is 25.1 Å². The average Bonchev–Trinajstić information content (AvgIpc) is 1.69. The molecule has 0 amide bonds. The summed E-state index contributed by atoms with van der Waals surface area (Å²) in [6.07, 6.45) is 0. The van der Waals surface area contributed by atoms with Gasteiger partial charge in [0.25, 0.3) is 0 Å². The maximum absolute atomic E-state index is 2.98. The second kappa shape index (κ2) is 6.71. The average molecular weight is 458 g/mol. The fourth-order valence-electron chi connectivity index (χ4n) is 0.436. The minimum Gasteiger partial charge on any atom is -0.356 e. The van der Waals surface area contributed by atoms with E-state index in [9.17, 15) is 0 Å². The molecule has 1 rings (SSSR count). The van der Waals surface area contributed by atoms with Gasteiger partial charge in [-0.1, -0.05) is 6.92 Å². The Morgan fingerprint density at radius 2 is 1.56 bits per heavy atom. The van der Waals surface area contributed by atoms with E-state index in [4.69, 9.17) is 0 Å². The first-order valence-electron chi connectivity index (χ1n) is 2.24. The fourth-order valence-corrected chi connectivity index (χ4v) is 0.436. The molecule has 9 heavy (non-hydrogen) atoms. The van der Waals surface area contributed by atoms with Crippen molar-refractivity contribution in [3.8, 4) is 0 Å². The smallest absolute Gasteiger partial charge is 0 e. The van der Waals surface area contributed by atoms with Gasteiger partial charge in [0.2, 0.25) is 0 Å². The molecule has 0 saturated heterocycles. The van der Waals surface area contributed by atoms with E-state index in [0.717, 1.165) is 5.56 Å². The molecule has 0 aliphatic rings. The van der Waals surface area contributed by atoms with Crippen LogP contribution in [0.4, 0.5) is 0 Å². The largest absolute Gasteiger partial charge is 0.356 e. The predicted molar refractivity (Wildman–Crippen MR) is 28.9 cm³/mol.